The van der Waals surface area contributed by atoms with E-state index >= 15 is 0 Å². The first kappa shape index (κ1) is 23.7. The fourth-order valence-electron chi connectivity index (χ4n) is 4.32. The number of alkyl halides is 3. The van der Waals surface area contributed by atoms with Gasteiger partial charge in [0.15, 0.2) is 5.76 Å². The number of rotatable bonds is 6. The summed E-state index contributed by atoms with van der Waals surface area (Å²) in [6.07, 6.45) is -2.22. The smallest absolute Gasteiger partial charge is 0.406 e. The number of ether oxygens (including phenoxy) is 1. The van der Waals surface area contributed by atoms with Crippen molar-refractivity contribution < 1.29 is 32.0 Å². The Kier molecular flexibility index (Phi) is 6.58. The van der Waals surface area contributed by atoms with Crippen LogP contribution in [0.5, 0.6) is 5.75 Å². The largest absolute Gasteiger partial charge is 0.573 e. The lowest BCUT2D eigenvalue weighted by Gasteiger charge is -2.41. The zero-order chi connectivity index (χ0) is 24.5. The number of likely N-dealkylation sites (tertiary alicyclic amines) is 1. The Morgan fingerprint density at radius 3 is 2.71 bits per heavy atom. The number of urea groups is 2. The number of benzene rings is 1. The Morgan fingerprint density at radius 2 is 2.03 bits per heavy atom. The summed E-state index contributed by atoms with van der Waals surface area (Å²) in [5, 5.41) is 6.75. The second-order valence-electron chi connectivity index (χ2n) is 8.79. The van der Waals surface area contributed by atoms with E-state index in [-0.39, 0.29) is 42.1 Å². The summed E-state index contributed by atoms with van der Waals surface area (Å²) < 4.78 is 46.6. The Labute approximate surface area is 194 Å². The van der Waals surface area contributed by atoms with Gasteiger partial charge >= 0.3 is 18.4 Å². The van der Waals surface area contributed by atoms with Gasteiger partial charge in [-0.05, 0) is 37.3 Å². The molecule has 4 amide bonds. The van der Waals surface area contributed by atoms with Crippen molar-refractivity contribution in [2.45, 2.75) is 51.2 Å². The third kappa shape index (κ3) is 5.91. The molecule has 9 nitrogen and oxygen atoms in total. The molecule has 1 aromatic heterocycles. The van der Waals surface area contributed by atoms with Gasteiger partial charge in [-0.3, -0.25) is 0 Å². The topological polar surface area (TPSA) is 114 Å². The maximum atomic E-state index is 13.0. The van der Waals surface area contributed by atoms with E-state index in [4.69, 9.17) is 10.3 Å². The van der Waals surface area contributed by atoms with E-state index < -0.39 is 12.4 Å². The van der Waals surface area contributed by atoms with Gasteiger partial charge in [0.25, 0.3) is 0 Å². The number of nitrogens with one attached hydrogen (secondary N) is 1. The second kappa shape index (κ2) is 9.43. The molecule has 2 aromatic rings. The van der Waals surface area contributed by atoms with Gasteiger partial charge in [-0.1, -0.05) is 24.2 Å². The molecule has 2 fully saturated rings. The Balaban J connectivity index is 1.39. The van der Waals surface area contributed by atoms with E-state index in [2.05, 4.69) is 15.2 Å². The lowest BCUT2D eigenvalue weighted by atomic mass is 9.95. The molecule has 1 aromatic carbocycles. The molecule has 1 saturated heterocycles. The van der Waals surface area contributed by atoms with E-state index in [0.29, 0.717) is 24.3 Å². The van der Waals surface area contributed by atoms with Gasteiger partial charge in [-0.15, -0.1) is 13.2 Å². The summed E-state index contributed by atoms with van der Waals surface area (Å²) in [6.45, 7) is 3.07. The molecule has 0 radical (unpaired) electrons. The number of hydrogen-bond donors (Lipinski definition) is 2. The molecule has 2 heterocycles. The standard InChI is InChI=1S/C22H26F3N5O4/c1-13-7-17(12-29(11-13)20(26)31)30(16-5-6-16)21(32)27-10-15-9-19(34-28-15)14-3-2-4-18(8-14)33-22(23,24)25/h2-4,8-9,13,16-17H,5-7,10-12H2,1H3,(H2,26,31)(H,27,32). The van der Waals surface area contributed by atoms with E-state index in [1.54, 1.807) is 21.9 Å². The molecule has 1 saturated carbocycles. The second-order valence-corrected chi connectivity index (χ2v) is 8.79. The molecular formula is C22H26F3N5O4. The minimum Gasteiger partial charge on any atom is -0.406 e. The van der Waals surface area contributed by atoms with Gasteiger partial charge in [0.2, 0.25) is 0 Å². The van der Waals surface area contributed by atoms with E-state index in [1.165, 1.54) is 18.2 Å². The van der Waals surface area contributed by atoms with Crippen molar-refractivity contribution in [3.8, 4) is 17.1 Å². The summed E-state index contributed by atoms with van der Waals surface area (Å²) in [4.78, 5) is 28.1. The lowest BCUT2D eigenvalue weighted by molar-refractivity contribution is -0.274. The highest BCUT2D eigenvalue weighted by Crippen LogP contribution is 2.33. The average molecular weight is 481 g/mol. The number of halogens is 3. The fourth-order valence-corrected chi connectivity index (χ4v) is 4.32. The molecule has 0 bridgehead atoms. The van der Waals surface area contributed by atoms with Crippen LogP contribution in [0.15, 0.2) is 34.9 Å². The van der Waals surface area contributed by atoms with Crippen LogP contribution in [-0.4, -0.2) is 58.6 Å². The number of carbonyl (C=O) groups excluding carboxylic acids is 2. The van der Waals surface area contributed by atoms with Crippen LogP contribution in [0.3, 0.4) is 0 Å². The molecule has 12 heteroatoms. The predicted molar refractivity (Wildman–Crippen MR) is 114 cm³/mol. The van der Waals surface area contributed by atoms with E-state index in [0.717, 1.165) is 19.3 Å². The highest BCUT2D eigenvalue weighted by atomic mass is 19.4. The van der Waals surface area contributed by atoms with Crippen molar-refractivity contribution in [2.24, 2.45) is 11.7 Å². The van der Waals surface area contributed by atoms with Gasteiger partial charge in [0.05, 0.1) is 12.6 Å². The molecule has 2 unspecified atom stereocenters. The van der Waals surface area contributed by atoms with Crippen molar-refractivity contribution in [1.29, 1.82) is 0 Å². The molecule has 0 spiro atoms. The van der Waals surface area contributed by atoms with Crippen molar-refractivity contribution in [2.75, 3.05) is 13.1 Å². The van der Waals surface area contributed by atoms with Crippen LogP contribution in [0.2, 0.25) is 0 Å². The SMILES string of the molecule is CC1CC(N(C(=O)NCc2cc(-c3cccc(OC(F)(F)F)c3)on2)C2CC2)CN(C(N)=O)C1. The molecule has 184 valence electrons. The Hall–Kier alpha value is -3.44. The molecule has 1 aliphatic heterocycles. The third-order valence-electron chi connectivity index (χ3n) is 5.85. The highest BCUT2D eigenvalue weighted by molar-refractivity contribution is 5.76. The van der Waals surface area contributed by atoms with Gasteiger partial charge in [0.1, 0.15) is 11.4 Å². The lowest BCUT2D eigenvalue weighted by Crippen LogP contribution is -2.57. The monoisotopic (exact) mass is 481 g/mol. The maximum Gasteiger partial charge on any atom is 0.573 e. The number of carbonyl (C=O) groups is 2. The van der Waals surface area contributed by atoms with Crippen LogP contribution >= 0.6 is 0 Å². The van der Waals surface area contributed by atoms with Crippen LogP contribution in [-0.2, 0) is 6.54 Å². The van der Waals surface area contributed by atoms with Crippen molar-refractivity contribution in [3.05, 3.63) is 36.0 Å². The average Bonchev–Trinajstić information content (AvgIpc) is 3.46. The number of amides is 4. The quantitative estimate of drug-likeness (QED) is 0.653. The van der Waals surface area contributed by atoms with E-state index in [9.17, 15) is 22.8 Å². The molecule has 34 heavy (non-hydrogen) atoms. The highest BCUT2D eigenvalue weighted by Gasteiger charge is 2.41. The van der Waals surface area contributed by atoms with E-state index in [1.807, 2.05) is 6.92 Å². The van der Waals surface area contributed by atoms with Crippen molar-refractivity contribution in [3.63, 3.8) is 0 Å². The predicted octanol–water partition coefficient (Wildman–Crippen LogP) is 3.70. The molecule has 1 aliphatic carbocycles. The number of hydrogen-bond acceptors (Lipinski definition) is 5. The summed E-state index contributed by atoms with van der Waals surface area (Å²) in [5.41, 5.74) is 6.24. The Bertz CT molecular complexity index is 1040. The fraction of sp³-hybridized carbons (Fsp3) is 0.500. The first-order valence-corrected chi connectivity index (χ1v) is 11.0. The molecule has 4 rings (SSSR count). The van der Waals surface area contributed by atoms with Crippen LogP contribution in [0.4, 0.5) is 22.8 Å². The molecule has 2 aliphatic rings. The minimum atomic E-state index is -4.80. The number of aromatic nitrogens is 1. The molecular weight excluding hydrogens is 455 g/mol. The number of nitrogens with two attached hydrogens (primary N) is 1. The summed E-state index contributed by atoms with van der Waals surface area (Å²) in [5.74, 6) is 0.0904. The number of primary amides is 1. The molecule has 2 atom stereocenters. The first-order valence-electron chi connectivity index (χ1n) is 11.0. The zero-order valence-electron chi connectivity index (χ0n) is 18.5. The summed E-state index contributed by atoms with van der Waals surface area (Å²) in [6, 6.07) is 6.13. The van der Waals surface area contributed by atoms with Crippen molar-refractivity contribution in [1.82, 2.24) is 20.3 Å². The van der Waals surface area contributed by atoms with Gasteiger partial charge in [-0.2, -0.15) is 0 Å². The van der Waals surface area contributed by atoms with Crippen LogP contribution in [0.1, 0.15) is 31.9 Å². The molecule has 3 N–H and O–H groups in total. The van der Waals surface area contributed by atoms with Gasteiger partial charge in [-0.25, -0.2) is 9.59 Å². The number of piperidine rings is 1. The summed E-state index contributed by atoms with van der Waals surface area (Å²) >= 11 is 0. The zero-order valence-corrected chi connectivity index (χ0v) is 18.5. The minimum absolute atomic E-state index is 0.0755. The van der Waals surface area contributed by atoms with Gasteiger partial charge < -0.3 is 30.1 Å². The first-order chi connectivity index (χ1) is 16.1. The number of nitrogens with zero attached hydrogens (tertiary/aromatic N) is 3. The van der Waals surface area contributed by atoms with Gasteiger partial charge in [0, 0.05) is 30.8 Å². The Morgan fingerprint density at radius 1 is 1.26 bits per heavy atom. The third-order valence-corrected chi connectivity index (χ3v) is 5.85. The normalized spacial score (nSPS) is 20.6. The van der Waals surface area contributed by atoms with Crippen LogP contribution < -0.4 is 15.8 Å². The summed E-state index contributed by atoms with van der Waals surface area (Å²) in [7, 11) is 0. The van der Waals surface area contributed by atoms with Crippen LogP contribution in [0, 0.1) is 5.92 Å². The maximum absolute atomic E-state index is 13.0. The van der Waals surface area contributed by atoms with Crippen LogP contribution in [0.25, 0.3) is 11.3 Å². The van der Waals surface area contributed by atoms with Crippen molar-refractivity contribution >= 4 is 12.1 Å².